The van der Waals surface area contributed by atoms with Gasteiger partial charge in [-0.2, -0.15) is 0 Å². The van der Waals surface area contributed by atoms with E-state index in [0.29, 0.717) is 0 Å². The number of carbonyl (C=O) groups is 1. The Labute approximate surface area is 187 Å². The maximum atomic E-state index is 12.9. The number of anilines is 2. The monoisotopic (exact) mass is 422 g/mol. The van der Waals surface area contributed by atoms with Crippen LogP contribution in [0.25, 0.3) is 0 Å². The fourth-order valence-electron chi connectivity index (χ4n) is 4.40. The molecule has 1 aliphatic heterocycles. The number of rotatable bonds is 7. The minimum Gasteiger partial charge on any atom is -0.398 e. The molecule has 2 aromatic rings. The van der Waals surface area contributed by atoms with Gasteiger partial charge in [0.1, 0.15) is 6.04 Å². The minimum atomic E-state index is -0.295. The molecule has 1 atom stereocenters. The third-order valence-electron chi connectivity index (χ3n) is 6.93. The molecule has 0 bridgehead atoms. The Balaban J connectivity index is 1.49. The standard InChI is InChI=1S/C26H38N4O/c1-17-19(3)25(20(4)18(2)24(17)27)28-21(5)26(31)29-23-12-15-30(16-13-23)14-11-22-9-7-6-8-10-22/h6-10,21,23,28H,11-16,27H2,1-5H3,(H,29,31). The molecule has 0 spiro atoms. The second-order valence-corrected chi connectivity index (χ2v) is 9.01. The predicted octanol–water partition coefficient (Wildman–Crippen LogP) is 4.13. The number of nitrogens with zero attached hydrogens (tertiary/aromatic N) is 1. The Morgan fingerprint density at radius 2 is 1.61 bits per heavy atom. The van der Waals surface area contributed by atoms with Gasteiger partial charge in [0, 0.05) is 37.1 Å². The zero-order valence-electron chi connectivity index (χ0n) is 19.7. The second kappa shape index (κ2) is 10.2. The van der Waals surface area contributed by atoms with Crippen molar-refractivity contribution in [3.63, 3.8) is 0 Å². The lowest BCUT2D eigenvalue weighted by Gasteiger charge is -2.33. The van der Waals surface area contributed by atoms with Crippen LogP contribution >= 0.6 is 0 Å². The van der Waals surface area contributed by atoms with E-state index in [9.17, 15) is 4.79 Å². The number of amides is 1. The Hall–Kier alpha value is -2.53. The summed E-state index contributed by atoms with van der Waals surface area (Å²) in [6, 6.07) is 10.6. The van der Waals surface area contributed by atoms with E-state index in [4.69, 9.17) is 5.73 Å². The average molecular weight is 423 g/mol. The molecule has 4 N–H and O–H groups in total. The molecular weight excluding hydrogens is 384 g/mol. The van der Waals surface area contributed by atoms with Gasteiger partial charge in [0.25, 0.3) is 0 Å². The second-order valence-electron chi connectivity index (χ2n) is 9.01. The Kier molecular flexibility index (Phi) is 7.60. The Morgan fingerprint density at radius 3 is 2.19 bits per heavy atom. The average Bonchev–Trinajstić information content (AvgIpc) is 2.79. The van der Waals surface area contributed by atoms with Crippen molar-refractivity contribution in [1.82, 2.24) is 10.2 Å². The molecule has 2 aromatic carbocycles. The number of hydrogen-bond acceptors (Lipinski definition) is 4. The Morgan fingerprint density at radius 1 is 1.03 bits per heavy atom. The van der Waals surface area contributed by atoms with Gasteiger partial charge in [-0.15, -0.1) is 0 Å². The van der Waals surface area contributed by atoms with E-state index >= 15 is 0 Å². The van der Waals surface area contributed by atoms with Crippen LogP contribution in [0.4, 0.5) is 11.4 Å². The van der Waals surface area contributed by atoms with Gasteiger partial charge in [0.15, 0.2) is 0 Å². The molecule has 1 fully saturated rings. The van der Waals surface area contributed by atoms with Gasteiger partial charge in [0.2, 0.25) is 5.91 Å². The van der Waals surface area contributed by atoms with Crippen LogP contribution in [0.5, 0.6) is 0 Å². The summed E-state index contributed by atoms with van der Waals surface area (Å²) in [6.07, 6.45) is 3.09. The number of benzene rings is 2. The fraction of sp³-hybridized carbons (Fsp3) is 0.500. The van der Waals surface area contributed by atoms with Crippen LogP contribution in [0.15, 0.2) is 30.3 Å². The van der Waals surface area contributed by atoms with Crippen molar-refractivity contribution in [2.24, 2.45) is 0 Å². The van der Waals surface area contributed by atoms with Gasteiger partial charge in [-0.1, -0.05) is 30.3 Å². The van der Waals surface area contributed by atoms with Gasteiger partial charge in [-0.25, -0.2) is 0 Å². The smallest absolute Gasteiger partial charge is 0.242 e. The lowest BCUT2D eigenvalue weighted by Crippen LogP contribution is -2.48. The Bertz CT molecular complexity index is 872. The predicted molar refractivity (Wildman–Crippen MR) is 131 cm³/mol. The van der Waals surface area contributed by atoms with Gasteiger partial charge < -0.3 is 21.3 Å². The van der Waals surface area contributed by atoms with E-state index < -0.39 is 0 Å². The number of piperidine rings is 1. The number of likely N-dealkylation sites (tertiary alicyclic amines) is 1. The van der Waals surface area contributed by atoms with Crippen LogP contribution < -0.4 is 16.4 Å². The summed E-state index contributed by atoms with van der Waals surface area (Å²) < 4.78 is 0. The van der Waals surface area contributed by atoms with Crippen LogP contribution in [0.3, 0.4) is 0 Å². The highest BCUT2D eigenvalue weighted by molar-refractivity contribution is 5.85. The number of nitrogen functional groups attached to an aromatic ring is 1. The molecular formula is C26H38N4O. The lowest BCUT2D eigenvalue weighted by molar-refractivity contribution is -0.122. The molecule has 1 saturated heterocycles. The minimum absolute atomic E-state index is 0.0636. The van der Waals surface area contributed by atoms with E-state index in [0.717, 1.165) is 72.5 Å². The highest BCUT2D eigenvalue weighted by Gasteiger charge is 2.24. The summed E-state index contributed by atoms with van der Waals surface area (Å²) >= 11 is 0. The summed E-state index contributed by atoms with van der Waals surface area (Å²) in [7, 11) is 0. The third kappa shape index (κ3) is 5.59. The quantitative estimate of drug-likeness (QED) is 0.587. The highest BCUT2D eigenvalue weighted by Crippen LogP contribution is 2.32. The van der Waals surface area contributed by atoms with Crippen LogP contribution in [-0.4, -0.2) is 42.5 Å². The van der Waals surface area contributed by atoms with Crippen molar-refractivity contribution in [3.05, 3.63) is 58.1 Å². The molecule has 1 unspecified atom stereocenters. The maximum Gasteiger partial charge on any atom is 0.242 e. The van der Waals surface area contributed by atoms with E-state index in [1.807, 2.05) is 20.8 Å². The molecule has 31 heavy (non-hydrogen) atoms. The van der Waals surface area contributed by atoms with E-state index in [1.54, 1.807) is 0 Å². The van der Waals surface area contributed by atoms with Crippen molar-refractivity contribution in [1.29, 1.82) is 0 Å². The van der Waals surface area contributed by atoms with E-state index in [-0.39, 0.29) is 18.0 Å². The first kappa shape index (κ1) is 23.1. The topological polar surface area (TPSA) is 70.4 Å². The fourth-order valence-corrected chi connectivity index (χ4v) is 4.40. The van der Waals surface area contributed by atoms with Crippen molar-refractivity contribution >= 4 is 17.3 Å². The summed E-state index contributed by atoms with van der Waals surface area (Å²) in [5, 5.41) is 6.71. The summed E-state index contributed by atoms with van der Waals surface area (Å²) in [4.78, 5) is 15.4. The maximum absolute atomic E-state index is 12.9. The molecule has 0 radical (unpaired) electrons. The number of hydrogen-bond donors (Lipinski definition) is 3. The highest BCUT2D eigenvalue weighted by atomic mass is 16.2. The number of nitrogens with two attached hydrogens (primary N) is 1. The summed E-state index contributed by atoms with van der Waals surface area (Å²) in [6.45, 7) is 13.3. The summed E-state index contributed by atoms with van der Waals surface area (Å²) in [5.41, 5.74) is 13.9. The largest absolute Gasteiger partial charge is 0.398 e. The zero-order valence-corrected chi connectivity index (χ0v) is 19.7. The van der Waals surface area contributed by atoms with E-state index in [2.05, 4.69) is 59.7 Å². The normalized spacial score (nSPS) is 16.2. The van der Waals surface area contributed by atoms with Gasteiger partial charge in [-0.3, -0.25) is 4.79 Å². The molecule has 0 aromatic heterocycles. The van der Waals surface area contributed by atoms with Gasteiger partial charge >= 0.3 is 0 Å². The first-order chi connectivity index (χ1) is 14.8. The van der Waals surface area contributed by atoms with Gasteiger partial charge in [-0.05, 0) is 81.7 Å². The van der Waals surface area contributed by atoms with Crippen LogP contribution in [0.1, 0.15) is 47.6 Å². The lowest BCUT2D eigenvalue weighted by atomic mass is 9.95. The molecule has 3 rings (SSSR count). The van der Waals surface area contributed by atoms with Crippen LogP contribution in [0, 0.1) is 27.7 Å². The molecule has 1 heterocycles. The van der Waals surface area contributed by atoms with E-state index in [1.165, 1.54) is 5.56 Å². The first-order valence-electron chi connectivity index (χ1n) is 11.5. The van der Waals surface area contributed by atoms with Gasteiger partial charge in [0.05, 0.1) is 0 Å². The number of carbonyl (C=O) groups excluding carboxylic acids is 1. The molecule has 1 amide bonds. The zero-order chi connectivity index (χ0) is 22.5. The molecule has 168 valence electrons. The molecule has 5 nitrogen and oxygen atoms in total. The van der Waals surface area contributed by atoms with Crippen LogP contribution in [-0.2, 0) is 11.2 Å². The summed E-state index contributed by atoms with van der Waals surface area (Å²) in [5.74, 6) is 0.0636. The van der Waals surface area contributed by atoms with Crippen molar-refractivity contribution in [2.75, 3.05) is 30.7 Å². The van der Waals surface area contributed by atoms with Crippen LogP contribution in [0.2, 0.25) is 0 Å². The molecule has 1 aliphatic rings. The van der Waals surface area contributed by atoms with Crippen molar-refractivity contribution < 1.29 is 4.79 Å². The molecule has 5 heteroatoms. The molecule has 0 saturated carbocycles. The van der Waals surface area contributed by atoms with Crippen molar-refractivity contribution in [3.8, 4) is 0 Å². The van der Waals surface area contributed by atoms with Crippen molar-refractivity contribution in [2.45, 2.75) is 66.0 Å². The first-order valence-corrected chi connectivity index (χ1v) is 11.5. The third-order valence-corrected chi connectivity index (χ3v) is 6.93. The SMILES string of the molecule is Cc1c(C)c(NC(C)C(=O)NC2CCN(CCc3ccccc3)CC2)c(C)c(C)c1N. The number of nitrogens with one attached hydrogen (secondary N) is 2. The molecule has 0 aliphatic carbocycles.